The first-order valence-electron chi connectivity index (χ1n) is 13.6. The molecule has 0 radical (unpaired) electrons. The van der Waals surface area contributed by atoms with Crippen molar-refractivity contribution >= 4 is 0 Å². The Balaban J connectivity index is 1.29. The van der Waals surface area contributed by atoms with Gasteiger partial charge in [0.05, 0.1) is 11.0 Å². The predicted molar refractivity (Wildman–Crippen MR) is 132 cm³/mol. The van der Waals surface area contributed by atoms with Gasteiger partial charge in [0.2, 0.25) is 0 Å². The van der Waals surface area contributed by atoms with E-state index in [9.17, 15) is 5.11 Å². The summed E-state index contributed by atoms with van der Waals surface area (Å²) in [6.07, 6.45) is 9.27. The Morgan fingerprint density at radius 1 is 1.12 bits per heavy atom. The van der Waals surface area contributed by atoms with Gasteiger partial charge in [0, 0.05) is 31.3 Å². The number of hydrogen-bond donors (Lipinski definition) is 1. The summed E-state index contributed by atoms with van der Waals surface area (Å²) in [5, 5.41) is 10.8. The van der Waals surface area contributed by atoms with E-state index in [1.54, 1.807) is 0 Å². The molecule has 1 saturated heterocycles. The maximum Gasteiger partial charge on any atom is 0.165 e. The summed E-state index contributed by atoms with van der Waals surface area (Å²) in [6, 6.07) is 15.2. The number of likely N-dealkylation sites (tertiary alicyclic amines) is 1. The van der Waals surface area contributed by atoms with Crippen LogP contribution in [0.1, 0.15) is 62.1 Å². The SMILES string of the molecule is C[C@@H]1CN(CC2CC2)C2Cc3ccc(O)c4c3[C@]13[C@H](CCC[C@@]23OCCCc1ccccc1)O4. The molecule has 4 nitrogen and oxygen atoms in total. The maximum absolute atomic E-state index is 10.8. The molecule has 5 atom stereocenters. The molecule has 1 N–H and O–H groups in total. The third-order valence-electron chi connectivity index (χ3n) is 9.80. The Bertz CT molecular complexity index is 1080. The highest BCUT2D eigenvalue weighted by atomic mass is 16.5. The van der Waals surface area contributed by atoms with Crippen molar-refractivity contribution < 1.29 is 14.6 Å². The number of piperidine rings is 1. The van der Waals surface area contributed by atoms with E-state index in [4.69, 9.17) is 9.47 Å². The van der Waals surface area contributed by atoms with E-state index >= 15 is 0 Å². The molecule has 34 heavy (non-hydrogen) atoms. The summed E-state index contributed by atoms with van der Waals surface area (Å²) < 4.78 is 13.9. The summed E-state index contributed by atoms with van der Waals surface area (Å²) in [7, 11) is 0. The van der Waals surface area contributed by atoms with Gasteiger partial charge < -0.3 is 14.6 Å². The van der Waals surface area contributed by atoms with Gasteiger partial charge in [-0.15, -0.1) is 0 Å². The van der Waals surface area contributed by atoms with Gasteiger partial charge in [0.15, 0.2) is 11.5 Å². The fourth-order valence-electron chi connectivity index (χ4n) is 8.42. The van der Waals surface area contributed by atoms with Crippen LogP contribution in [0.15, 0.2) is 42.5 Å². The molecule has 1 unspecified atom stereocenters. The average Bonchev–Trinajstić information content (AvgIpc) is 3.59. The van der Waals surface area contributed by atoms with Crippen molar-refractivity contribution in [3.8, 4) is 11.5 Å². The second kappa shape index (κ2) is 7.73. The minimum atomic E-state index is -0.231. The van der Waals surface area contributed by atoms with Crippen molar-refractivity contribution in [1.82, 2.24) is 4.90 Å². The van der Waals surface area contributed by atoms with Gasteiger partial charge >= 0.3 is 0 Å². The zero-order chi connectivity index (χ0) is 22.9. The van der Waals surface area contributed by atoms with Crippen molar-refractivity contribution in [1.29, 1.82) is 0 Å². The predicted octanol–water partition coefficient (Wildman–Crippen LogP) is 5.25. The number of aromatic hydroxyl groups is 1. The van der Waals surface area contributed by atoms with Crippen LogP contribution in [-0.2, 0) is 23.0 Å². The fraction of sp³-hybridized carbons (Fsp3) is 0.600. The number of rotatable bonds is 7. The molecule has 0 aromatic heterocycles. The van der Waals surface area contributed by atoms with Crippen LogP contribution < -0.4 is 4.74 Å². The lowest BCUT2D eigenvalue weighted by molar-refractivity contribution is -0.233. The van der Waals surface area contributed by atoms with Gasteiger partial charge in [-0.25, -0.2) is 0 Å². The molecule has 1 spiro atoms. The topological polar surface area (TPSA) is 41.9 Å². The van der Waals surface area contributed by atoms with E-state index in [0.29, 0.717) is 17.7 Å². The van der Waals surface area contributed by atoms with E-state index < -0.39 is 0 Å². The highest BCUT2D eigenvalue weighted by Crippen LogP contribution is 2.68. The first kappa shape index (κ1) is 21.3. The molecule has 2 bridgehead atoms. The van der Waals surface area contributed by atoms with Crippen molar-refractivity contribution in [3.63, 3.8) is 0 Å². The van der Waals surface area contributed by atoms with Crippen molar-refractivity contribution in [2.45, 2.75) is 81.5 Å². The number of aryl methyl sites for hydroxylation is 1. The fourth-order valence-corrected chi connectivity index (χ4v) is 8.42. The minimum Gasteiger partial charge on any atom is -0.504 e. The first-order chi connectivity index (χ1) is 16.6. The summed E-state index contributed by atoms with van der Waals surface area (Å²) in [6.45, 7) is 5.55. The Kier molecular flexibility index (Phi) is 4.83. The summed E-state index contributed by atoms with van der Waals surface area (Å²) in [4.78, 5) is 2.81. The van der Waals surface area contributed by atoms with Crippen LogP contribution in [0.5, 0.6) is 11.5 Å². The van der Waals surface area contributed by atoms with E-state index in [1.165, 1.54) is 36.1 Å². The molecule has 180 valence electrons. The van der Waals surface area contributed by atoms with Crippen LogP contribution in [0, 0.1) is 11.8 Å². The highest BCUT2D eigenvalue weighted by molar-refractivity contribution is 5.62. The molecule has 5 aliphatic rings. The molecule has 2 saturated carbocycles. The number of phenols is 1. The molecule has 0 amide bonds. The van der Waals surface area contributed by atoms with Gasteiger partial charge in [-0.2, -0.15) is 0 Å². The van der Waals surface area contributed by atoms with Crippen LogP contribution in [0.25, 0.3) is 0 Å². The number of ether oxygens (including phenoxy) is 2. The quantitative estimate of drug-likeness (QED) is 0.575. The molecule has 7 rings (SSSR count). The van der Waals surface area contributed by atoms with E-state index in [-0.39, 0.29) is 17.1 Å². The second-order valence-electron chi connectivity index (χ2n) is 11.7. The first-order valence-corrected chi connectivity index (χ1v) is 13.6. The van der Waals surface area contributed by atoms with Gasteiger partial charge in [-0.05, 0) is 80.4 Å². The second-order valence-corrected chi connectivity index (χ2v) is 11.7. The molecule has 2 heterocycles. The van der Waals surface area contributed by atoms with E-state index in [2.05, 4.69) is 48.2 Å². The van der Waals surface area contributed by atoms with Gasteiger partial charge in [0.1, 0.15) is 6.10 Å². The molecule has 2 aromatic rings. The Hall–Kier alpha value is -2.04. The van der Waals surface area contributed by atoms with E-state index in [1.807, 2.05) is 6.07 Å². The lowest BCUT2D eigenvalue weighted by Gasteiger charge is -2.67. The molecule has 3 aliphatic carbocycles. The van der Waals surface area contributed by atoms with Crippen molar-refractivity contribution in [2.75, 3.05) is 19.7 Å². The maximum atomic E-state index is 10.8. The van der Waals surface area contributed by atoms with Crippen LogP contribution in [-0.4, -0.2) is 47.4 Å². The third kappa shape index (κ3) is 2.85. The van der Waals surface area contributed by atoms with Gasteiger partial charge in [0.25, 0.3) is 0 Å². The molecule has 2 aromatic carbocycles. The highest BCUT2D eigenvalue weighted by Gasteiger charge is 2.74. The Morgan fingerprint density at radius 3 is 2.79 bits per heavy atom. The number of nitrogens with zero attached hydrogens (tertiary/aromatic N) is 1. The minimum absolute atomic E-state index is 0.110. The van der Waals surface area contributed by atoms with Crippen molar-refractivity contribution in [2.24, 2.45) is 11.8 Å². The average molecular weight is 460 g/mol. The normalized spacial score (nSPS) is 35.6. The van der Waals surface area contributed by atoms with Crippen LogP contribution >= 0.6 is 0 Å². The monoisotopic (exact) mass is 459 g/mol. The van der Waals surface area contributed by atoms with Crippen LogP contribution in [0.4, 0.5) is 0 Å². The van der Waals surface area contributed by atoms with Crippen LogP contribution in [0.3, 0.4) is 0 Å². The third-order valence-corrected chi connectivity index (χ3v) is 9.80. The zero-order valence-electron chi connectivity index (χ0n) is 20.3. The van der Waals surface area contributed by atoms with E-state index in [0.717, 1.165) is 63.3 Å². The summed E-state index contributed by atoms with van der Waals surface area (Å²) in [5.74, 6) is 2.38. The summed E-state index contributed by atoms with van der Waals surface area (Å²) in [5.41, 5.74) is 3.70. The lowest BCUT2D eigenvalue weighted by Crippen LogP contribution is -2.78. The Morgan fingerprint density at radius 2 is 1.97 bits per heavy atom. The lowest BCUT2D eigenvalue weighted by atomic mass is 9.46. The smallest absolute Gasteiger partial charge is 0.165 e. The zero-order valence-corrected chi connectivity index (χ0v) is 20.3. The largest absolute Gasteiger partial charge is 0.504 e. The van der Waals surface area contributed by atoms with Crippen molar-refractivity contribution in [3.05, 3.63) is 59.2 Å². The number of hydrogen-bond acceptors (Lipinski definition) is 4. The molecule has 2 aliphatic heterocycles. The van der Waals surface area contributed by atoms with Gasteiger partial charge in [-0.1, -0.05) is 43.3 Å². The van der Waals surface area contributed by atoms with Crippen LogP contribution in [0.2, 0.25) is 0 Å². The summed E-state index contributed by atoms with van der Waals surface area (Å²) >= 11 is 0. The number of benzene rings is 2. The molecule has 3 fully saturated rings. The molecular weight excluding hydrogens is 422 g/mol. The Labute approximate surface area is 203 Å². The molecule has 4 heteroatoms. The van der Waals surface area contributed by atoms with Gasteiger partial charge in [-0.3, -0.25) is 4.90 Å². The number of phenolic OH excluding ortho intramolecular Hbond substituents is 1. The molecular formula is C30H37NO3. The standard InChI is InChI=1S/C30H37NO3/c1-20-18-31(19-22-11-12-22)25-17-23-13-14-24(32)28-27(23)30(20)26(34-28)10-5-15-29(25,30)33-16-6-9-21-7-3-2-4-8-21/h2-4,7-8,13-14,20,22,25-26,32H,5-6,9-12,15-19H2,1H3/t20-,25?,26+,29-,30-/m1/s1.